The molecule has 2 aromatic rings. The van der Waals surface area contributed by atoms with Crippen LogP contribution < -0.4 is 5.73 Å². The molecule has 2 aliphatic heterocycles. The number of carboxylic acids is 2. The van der Waals surface area contributed by atoms with Crippen molar-refractivity contribution in [2.75, 3.05) is 19.6 Å². The minimum Gasteiger partial charge on any atom is -0.478 e. The largest absolute Gasteiger partial charge is 0.478 e. The number of carboxylic acid groups (broad SMARTS) is 2. The number of likely N-dealkylation sites (tertiary alicyclic amines) is 2. The topological polar surface area (TPSA) is 165 Å². The molecule has 4 rings (SSSR count). The number of amides is 2. The van der Waals surface area contributed by atoms with E-state index >= 15 is 0 Å². The van der Waals surface area contributed by atoms with Gasteiger partial charge in [-0.3, -0.25) is 9.59 Å². The SMILES string of the molecule is N#Cc1cccc(C(=O)N2C[C@@H]3CCN(C(=O)C[C@H](N)Cc4cc(F)c(F)cc4F)[C@@H]3C2)c1.O=C(O)/C=C/C(=O)O. The van der Waals surface area contributed by atoms with Gasteiger partial charge in [0.2, 0.25) is 5.91 Å². The van der Waals surface area contributed by atoms with E-state index in [0.717, 1.165) is 12.5 Å². The van der Waals surface area contributed by atoms with Crippen LogP contribution >= 0.6 is 0 Å². The van der Waals surface area contributed by atoms with Gasteiger partial charge < -0.3 is 25.7 Å². The summed E-state index contributed by atoms with van der Waals surface area (Å²) >= 11 is 0. The molecule has 0 bridgehead atoms. The first-order valence-corrected chi connectivity index (χ1v) is 12.5. The summed E-state index contributed by atoms with van der Waals surface area (Å²) in [5.41, 5.74) is 6.79. The summed E-state index contributed by atoms with van der Waals surface area (Å²) in [7, 11) is 0. The molecule has 0 spiro atoms. The van der Waals surface area contributed by atoms with Crippen molar-refractivity contribution in [1.29, 1.82) is 5.26 Å². The third-order valence-corrected chi connectivity index (χ3v) is 6.77. The summed E-state index contributed by atoms with van der Waals surface area (Å²) in [6, 6.07) is 8.88. The van der Waals surface area contributed by atoms with E-state index in [-0.39, 0.29) is 42.2 Å². The van der Waals surface area contributed by atoms with E-state index in [1.165, 1.54) is 0 Å². The lowest BCUT2D eigenvalue weighted by Crippen LogP contribution is -2.43. The molecular weight excluding hydrogens is 545 g/mol. The van der Waals surface area contributed by atoms with Crippen molar-refractivity contribution in [1.82, 2.24) is 9.80 Å². The maximum atomic E-state index is 13.9. The van der Waals surface area contributed by atoms with Crippen LogP contribution in [0.3, 0.4) is 0 Å². The average Bonchev–Trinajstić information content (AvgIpc) is 3.52. The van der Waals surface area contributed by atoms with E-state index < -0.39 is 35.4 Å². The van der Waals surface area contributed by atoms with Gasteiger partial charge in [-0.15, -0.1) is 0 Å². The standard InChI is InChI=1S/C24H23F3N4O2.C4H4O4/c25-19-10-21(27)20(26)8-17(19)7-18(29)9-23(32)31-5-4-16-12-30(13-22(16)31)24(33)15-3-1-2-14(6-15)11-28;5-3(6)1-2-4(7)8/h1-3,6,8,10,16,18,22H,4-5,7,9,12-13,29H2;1-2H,(H,5,6)(H,7,8)/b;2-1+/t16-,18+,22+;/m0./s1. The van der Waals surface area contributed by atoms with Crippen molar-refractivity contribution in [3.63, 3.8) is 0 Å². The van der Waals surface area contributed by atoms with Crippen LogP contribution in [-0.2, 0) is 20.8 Å². The molecule has 0 aromatic heterocycles. The molecule has 10 nitrogen and oxygen atoms in total. The smallest absolute Gasteiger partial charge is 0.328 e. The first-order valence-electron chi connectivity index (χ1n) is 12.5. The second-order valence-electron chi connectivity index (χ2n) is 9.64. The summed E-state index contributed by atoms with van der Waals surface area (Å²) in [5, 5.41) is 24.7. The van der Waals surface area contributed by atoms with E-state index in [0.29, 0.717) is 49.0 Å². The van der Waals surface area contributed by atoms with E-state index in [1.807, 2.05) is 6.07 Å². The zero-order valence-electron chi connectivity index (χ0n) is 21.7. The number of halogens is 3. The number of benzene rings is 2. The molecule has 2 fully saturated rings. The molecule has 2 aromatic carbocycles. The van der Waals surface area contributed by atoms with Crippen molar-refractivity contribution < 1.29 is 42.6 Å². The summed E-state index contributed by atoms with van der Waals surface area (Å²) in [6.07, 6.45) is 1.70. The molecule has 216 valence electrons. The second kappa shape index (κ2) is 13.6. The molecule has 2 amide bonds. The van der Waals surface area contributed by atoms with Crippen LogP contribution in [0.15, 0.2) is 48.6 Å². The number of hydrogen-bond donors (Lipinski definition) is 3. The molecule has 41 heavy (non-hydrogen) atoms. The third-order valence-electron chi connectivity index (χ3n) is 6.77. The summed E-state index contributed by atoms with van der Waals surface area (Å²) < 4.78 is 40.4. The van der Waals surface area contributed by atoms with Crippen LogP contribution in [0.1, 0.15) is 34.3 Å². The van der Waals surface area contributed by atoms with Gasteiger partial charge in [0.1, 0.15) is 5.82 Å². The van der Waals surface area contributed by atoms with Gasteiger partial charge in [0.05, 0.1) is 17.7 Å². The number of hydrogen-bond acceptors (Lipinski definition) is 6. The van der Waals surface area contributed by atoms with Crippen molar-refractivity contribution in [3.05, 3.63) is 82.7 Å². The molecule has 0 radical (unpaired) electrons. The minimum absolute atomic E-state index is 0.0696. The second-order valence-corrected chi connectivity index (χ2v) is 9.64. The Balaban J connectivity index is 0.000000507. The third kappa shape index (κ3) is 8.15. The van der Waals surface area contributed by atoms with Crippen LogP contribution in [0.2, 0.25) is 0 Å². The van der Waals surface area contributed by atoms with Crippen molar-refractivity contribution in [2.45, 2.75) is 31.3 Å². The quantitative estimate of drug-likeness (QED) is 0.336. The van der Waals surface area contributed by atoms with Crippen LogP contribution in [0, 0.1) is 34.7 Å². The lowest BCUT2D eigenvalue weighted by molar-refractivity contribution is -0.134. The van der Waals surface area contributed by atoms with Crippen molar-refractivity contribution in [2.24, 2.45) is 11.7 Å². The van der Waals surface area contributed by atoms with Crippen LogP contribution in [0.25, 0.3) is 0 Å². The number of aliphatic carboxylic acids is 2. The Bertz CT molecular complexity index is 1390. The Kier molecular flexibility index (Phi) is 10.2. The zero-order chi connectivity index (χ0) is 30.3. The van der Waals surface area contributed by atoms with E-state index in [1.54, 1.807) is 34.1 Å². The lowest BCUT2D eigenvalue weighted by Gasteiger charge is -2.26. The lowest BCUT2D eigenvalue weighted by atomic mass is 10.0. The van der Waals surface area contributed by atoms with Gasteiger partial charge in [0, 0.05) is 61.8 Å². The molecule has 0 unspecified atom stereocenters. The first-order chi connectivity index (χ1) is 19.4. The van der Waals surface area contributed by atoms with Gasteiger partial charge in [-0.25, -0.2) is 22.8 Å². The fourth-order valence-corrected chi connectivity index (χ4v) is 4.90. The molecule has 0 saturated carbocycles. The van der Waals surface area contributed by atoms with Gasteiger partial charge >= 0.3 is 11.9 Å². The van der Waals surface area contributed by atoms with Gasteiger partial charge in [0.25, 0.3) is 5.91 Å². The predicted octanol–water partition coefficient (Wildman–Crippen LogP) is 2.32. The molecule has 0 aliphatic carbocycles. The normalized spacial score (nSPS) is 18.3. The van der Waals surface area contributed by atoms with Crippen LogP contribution in [-0.4, -0.2) is 75.5 Å². The van der Waals surface area contributed by atoms with Gasteiger partial charge in [-0.2, -0.15) is 5.26 Å². The highest BCUT2D eigenvalue weighted by atomic mass is 19.2. The maximum Gasteiger partial charge on any atom is 0.328 e. The van der Waals surface area contributed by atoms with Crippen molar-refractivity contribution in [3.8, 4) is 6.07 Å². The molecule has 13 heteroatoms. The Morgan fingerprint density at radius 2 is 1.68 bits per heavy atom. The number of carbonyl (C=O) groups is 4. The predicted molar refractivity (Wildman–Crippen MR) is 138 cm³/mol. The Labute approximate surface area is 233 Å². The fourth-order valence-electron chi connectivity index (χ4n) is 4.90. The molecular formula is C28H27F3N4O6. The summed E-state index contributed by atoms with van der Waals surface area (Å²) in [4.78, 5) is 48.3. The Morgan fingerprint density at radius 3 is 2.32 bits per heavy atom. The molecule has 2 heterocycles. The number of nitriles is 1. The average molecular weight is 573 g/mol. The summed E-state index contributed by atoms with van der Waals surface area (Å²) in [6.45, 7) is 1.46. The van der Waals surface area contributed by atoms with Crippen LogP contribution in [0.4, 0.5) is 13.2 Å². The number of nitrogens with zero attached hydrogens (tertiary/aromatic N) is 3. The Hall–Kier alpha value is -4.70. The minimum atomic E-state index is -1.27. The Morgan fingerprint density at radius 1 is 1.02 bits per heavy atom. The number of fused-ring (bicyclic) bond motifs is 1. The number of nitrogens with two attached hydrogens (primary N) is 1. The fraction of sp³-hybridized carbons (Fsp3) is 0.321. The van der Waals surface area contributed by atoms with Crippen LogP contribution in [0.5, 0.6) is 0 Å². The van der Waals surface area contributed by atoms with E-state index in [4.69, 9.17) is 21.2 Å². The maximum absolute atomic E-state index is 13.9. The number of carbonyl (C=O) groups excluding carboxylic acids is 2. The highest BCUT2D eigenvalue weighted by Gasteiger charge is 2.44. The molecule has 4 N–H and O–H groups in total. The van der Waals surface area contributed by atoms with Gasteiger partial charge in [-0.1, -0.05) is 6.07 Å². The summed E-state index contributed by atoms with van der Waals surface area (Å²) in [5.74, 6) is -6.09. The van der Waals surface area contributed by atoms with E-state index in [9.17, 15) is 32.3 Å². The zero-order valence-corrected chi connectivity index (χ0v) is 21.7. The van der Waals surface area contributed by atoms with Crippen molar-refractivity contribution >= 4 is 23.8 Å². The molecule has 2 aliphatic rings. The van der Waals surface area contributed by atoms with Gasteiger partial charge in [0.15, 0.2) is 11.6 Å². The molecule has 2 saturated heterocycles. The highest BCUT2D eigenvalue weighted by Crippen LogP contribution is 2.33. The van der Waals surface area contributed by atoms with Gasteiger partial charge in [-0.05, 0) is 42.7 Å². The highest BCUT2D eigenvalue weighted by molar-refractivity contribution is 5.95. The van der Waals surface area contributed by atoms with E-state index in [2.05, 4.69) is 0 Å². The molecule has 3 atom stereocenters. The monoisotopic (exact) mass is 572 g/mol. The number of rotatable bonds is 7. The first kappa shape index (κ1) is 30.8.